The predicted molar refractivity (Wildman–Crippen MR) is 79.2 cm³/mol. The van der Waals surface area contributed by atoms with E-state index < -0.39 is 0 Å². The molecule has 0 aliphatic heterocycles. The van der Waals surface area contributed by atoms with Crippen LogP contribution >= 0.6 is 15.9 Å². The number of nitrogens with zero attached hydrogens (tertiary/aromatic N) is 1. The van der Waals surface area contributed by atoms with Crippen molar-refractivity contribution in [2.24, 2.45) is 0 Å². The van der Waals surface area contributed by atoms with E-state index >= 15 is 0 Å². The maximum Gasteiger partial charge on any atom is 0.124 e. The molecule has 0 unspecified atom stereocenters. The molecule has 0 aliphatic carbocycles. The summed E-state index contributed by atoms with van der Waals surface area (Å²) in [6.45, 7) is 7.58. The van der Waals surface area contributed by atoms with Crippen molar-refractivity contribution in [1.29, 1.82) is 0 Å². The smallest absolute Gasteiger partial charge is 0.124 e. The molecule has 18 heavy (non-hydrogen) atoms. The summed E-state index contributed by atoms with van der Waals surface area (Å²) in [5.41, 5.74) is 1.17. The molecular formula is C15H23BrFN. The van der Waals surface area contributed by atoms with E-state index in [9.17, 15) is 4.39 Å². The Hall–Kier alpha value is -0.410. The van der Waals surface area contributed by atoms with Crippen molar-refractivity contribution in [2.45, 2.75) is 46.1 Å². The SMILES string of the molecule is CCCCN(CCCC)Cc1ccc(F)cc1Br. The van der Waals surface area contributed by atoms with Crippen molar-refractivity contribution in [3.63, 3.8) is 0 Å². The zero-order valence-corrected chi connectivity index (χ0v) is 13.0. The second kappa shape index (κ2) is 8.65. The molecule has 0 saturated carbocycles. The van der Waals surface area contributed by atoms with Gasteiger partial charge in [-0.25, -0.2) is 4.39 Å². The van der Waals surface area contributed by atoms with Gasteiger partial charge in [0, 0.05) is 11.0 Å². The minimum atomic E-state index is -0.181. The van der Waals surface area contributed by atoms with Crippen molar-refractivity contribution < 1.29 is 4.39 Å². The number of unbranched alkanes of at least 4 members (excludes halogenated alkanes) is 2. The topological polar surface area (TPSA) is 3.24 Å². The van der Waals surface area contributed by atoms with Gasteiger partial charge in [-0.15, -0.1) is 0 Å². The van der Waals surface area contributed by atoms with Gasteiger partial charge >= 0.3 is 0 Å². The fourth-order valence-electron chi connectivity index (χ4n) is 1.92. The first kappa shape index (κ1) is 15.6. The van der Waals surface area contributed by atoms with E-state index in [1.54, 1.807) is 6.07 Å². The Bertz CT molecular complexity index is 346. The Labute approximate surface area is 119 Å². The second-order valence-corrected chi connectivity index (χ2v) is 5.57. The van der Waals surface area contributed by atoms with Crippen LogP contribution in [0.2, 0.25) is 0 Å². The van der Waals surface area contributed by atoms with Crippen molar-refractivity contribution >= 4 is 15.9 Å². The molecule has 0 heterocycles. The van der Waals surface area contributed by atoms with Gasteiger partial charge in [0.15, 0.2) is 0 Å². The Morgan fingerprint density at radius 3 is 2.22 bits per heavy atom. The fraction of sp³-hybridized carbons (Fsp3) is 0.600. The summed E-state index contributed by atoms with van der Waals surface area (Å²) >= 11 is 3.45. The maximum atomic E-state index is 13.0. The van der Waals surface area contributed by atoms with Gasteiger partial charge in [-0.1, -0.05) is 48.7 Å². The van der Waals surface area contributed by atoms with Gasteiger partial charge in [-0.05, 0) is 43.6 Å². The predicted octanol–water partition coefficient (Wildman–Crippen LogP) is 4.99. The van der Waals surface area contributed by atoms with Crippen LogP contribution in [0.4, 0.5) is 4.39 Å². The van der Waals surface area contributed by atoms with Crippen molar-refractivity contribution in [3.8, 4) is 0 Å². The summed E-state index contributed by atoms with van der Waals surface area (Å²) in [4.78, 5) is 2.46. The largest absolute Gasteiger partial charge is 0.299 e. The van der Waals surface area contributed by atoms with E-state index in [2.05, 4.69) is 34.7 Å². The number of benzene rings is 1. The molecule has 0 N–H and O–H groups in total. The van der Waals surface area contributed by atoms with Gasteiger partial charge in [-0.3, -0.25) is 4.90 Å². The van der Waals surface area contributed by atoms with Gasteiger partial charge in [0.1, 0.15) is 5.82 Å². The highest BCUT2D eigenvalue weighted by Crippen LogP contribution is 2.20. The lowest BCUT2D eigenvalue weighted by molar-refractivity contribution is 0.256. The first-order chi connectivity index (χ1) is 8.67. The van der Waals surface area contributed by atoms with Crippen LogP contribution < -0.4 is 0 Å². The molecule has 0 spiro atoms. The summed E-state index contributed by atoms with van der Waals surface area (Å²) < 4.78 is 13.9. The molecule has 0 bridgehead atoms. The summed E-state index contributed by atoms with van der Waals surface area (Å²) in [5, 5.41) is 0. The quantitative estimate of drug-likeness (QED) is 0.653. The standard InChI is InChI=1S/C15H23BrFN/c1-3-5-9-18(10-6-4-2)12-13-7-8-14(17)11-15(13)16/h7-8,11H,3-6,9-10,12H2,1-2H3. The third kappa shape index (κ3) is 5.49. The third-order valence-corrected chi connectivity index (χ3v) is 3.80. The van der Waals surface area contributed by atoms with Crippen LogP contribution in [-0.4, -0.2) is 18.0 Å². The van der Waals surface area contributed by atoms with Gasteiger partial charge < -0.3 is 0 Å². The molecule has 0 atom stereocenters. The lowest BCUT2D eigenvalue weighted by atomic mass is 10.2. The van der Waals surface area contributed by atoms with E-state index in [4.69, 9.17) is 0 Å². The molecular weight excluding hydrogens is 293 g/mol. The zero-order valence-electron chi connectivity index (χ0n) is 11.4. The Balaban J connectivity index is 2.62. The molecule has 1 aromatic rings. The van der Waals surface area contributed by atoms with Crippen molar-refractivity contribution in [2.75, 3.05) is 13.1 Å². The minimum Gasteiger partial charge on any atom is -0.299 e. The van der Waals surface area contributed by atoms with Crippen molar-refractivity contribution in [3.05, 3.63) is 34.1 Å². The van der Waals surface area contributed by atoms with E-state index in [1.807, 2.05) is 6.07 Å². The van der Waals surface area contributed by atoms with Gasteiger partial charge in [-0.2, -0.15) is 0 Å². The van der Waals surface area contributed by atoms with E-state index in [1.165, 1.54) is 37.3 Å². The minimum absolute atomic E-state index is 0.181. The highest BCUT2D eigenvalue weighted by atomic mass is 79.9. The molecule has 0 fully saturated rings. The molecule has 0 radical (unpaired) electrons. The first-order valence-corrected chi connectivity index (χ1v) is 7.63. The molecule has 0 saturated heterocycles. The Kier molecular flexibility index (Phi) is 7.52. The number of hydrogen-bond acceptors (Lipinski definition) is 1. The monoisotopic (exact) mass is 315 g/mol. The molecule has 0 amide bonds. The second-order valence-electron chi connectivity index (χ2n) is 4.72. The van der Waals surface area contributed by atoms with E-state index in [-0.39, 0.29) is 5.82 Å². The van der Waals surface area contributed by atoms with Crippen molar-refractivity contribution in [1.82, 2.24) is 4.90 Å². The number of hydrogen-bond donors (Lipinski definition) is 0. The summed E-state index contributed by atoms with van der Waals surface area (Å²) in [7, 11) is 0. The van der Waals surface area contributed by atoms with Crippen LogP contribution in [0.25, 0.3) is 0 Å². The molecule has 0 aliphatic rings. The molecule has 1 rings (SSSR count). The normalized spacial score (nSPS) is 11.2. The number of halogens is 2. The molecule has 1 nitrogen and oxygen atoms in total. The third-order valence-electron chi connectivity index (χ3n) is 3.06. The fourth-order valence-corrected chi connectivity index (χ4v) is 2.40. The van der Waals surface area contributed by atoms with Crippen LogP contribution in [0.5, 0.6) is 0 Å². The van der Waals surface area contributed by atoms with Crippen LogP contribution in [0.3, 0.4) is 0 Å². The first-order valence-electron chi connectivity index (χ1n) is 6.83. The lowest BCUT2D eigenvalue weighted by Gasteiger charge is -2.22. The van der Waals surface area contributed by atoms with Crippen LogP contribution in [0, 0.1) is 5.82 Å². The van der Waals surface area contributed by atoms with Gasteiger partial charge in [0.05, 0.1) is 0 Å². The average Bonchev–Trinajstić information content (AvgIpc) is 2.35. The van der Waals surface area contributed by atoms with Crippen LogP contribution in [0.15, 0.2) is 22.7 Å². The highest BCUT2D eigenvalue weighted by molar-refractivity contribution is 9.10. The Morgan fingerprint density at radius 2 is 1.72 bits per heavy atom. The Morgan fingerprint density at radius 1 is 1.11 bits per heavy atom. The van der Waals surface area contributed by atoms with E-state index in [0.29, 0.717) is 0 Å². The van der Waals surface area contributed by atoms with Crippen LogP contribution in [0.1, 0.15) is 45.1 Å². The lowest BCUT2D eigenvalue weighted by Crippen LogP contribution is -2.25. The molecule has 102 valence electrons. The zero-order chi connectivity index (χ0) is 13.4. The number of rotatable bonds is 8. The van der Waals surface area contributed by atoms with Gasteiger partial charge in [0.25, 0.3) is 0 Å². The van der Waals surface area contributed by atoms with E-state index in [0.717, 1.165) is 24.1 Å². The van der Waals surface area contributed by atoms with Crippen LogP contribution in [-0.2, 0) is 6.54 Å². The average molecular weight is 316 g/mol. The highest BCUT2D eigenvalue weighted by Gasteiger charge is 2.08. The molecule has 0 aromatic heterocycles. The molecule has 3 heteroatoms. The molecule has 1 aromatic carbocycles. The summed E-state index contributed by atoms with van der Waals surface area (Å²) in [5.74, 6) is -0.181. The summed E-state index contributed by atoms with van der Waals surface area (Å²) in [6.07, 6.45) is 4.88. The maximum absolute atomic E-state index is 13.0. The summed E-state index contributed by atoms with van der Waals surface area (Å²) in [6, 6.07) is 4.97. The van der Waals surface area contributed by atoms with Gasteiger partial charge in [0.2, 0.25) is 0 Å².